The summed E-state index contributed by atoms with van der Waals surface area (Å²) in [5.74, 6) is 0.328. The first-order valence-corrected chi connectivity index (χ1v) is 13.4. The van der Waals surface area contributed by atoms with Crippen molar-refractivity contribution in [1.82, 2.24) is 0 Å². The number of ether oxygens (including phenoxy) is 1. The quantitative estimate of drug-likeness (QED) is 0.373. The first-order chi connectivity index (χ1) is 12.2. The van der Waals surface area contributed by atoms with Crippen molar-refractivity contribution >= 4 is 10.1 Å². The predicted molar refractivity (Wildman–Crippen MR) is 93.0 cm³/mol. The molecule has 0 aromatic heterocycles. The van der Waals surface area contributed by atoms with Crippen molar-refractivity contribution in [1.29, 1.82) is 0 Å². The molecule has 1 N–H and O–H groups in total. The predicted octanol–water partition coefficient (Wildman–Crippen LogP) is 1.69. The number of hydrogen-bond acceptors (Lipinski definition) is 3. The van der Waals surface area contributed by atoms with E-state index in [1.807, 2.05) is 0 Å². The summed E-state index contributed by atoms with van der Waals surface area (Å²) in [4.78, 5) is 0. The van der Waals surface area contributed by atoms with Crippen molar-refractivity contribution in [3.05, 3.63) is 61.2 Å². The number of benzene rings is 2. The molecule has 4 nitrogen and oxygen atoms in total. The molecule has 0 aliphatic rings. The molecule has 0 radical (unpaired) electrons. The van der Waals surface area contributed by atoms with Gasteiger partial charge in [-0.15, -0.1) is 0 Å². The van der Waals surface area contributed by atoms with Gasteiger partial charge in [0.2, 0.25) is 0 Å². The van der Waals surface area contributed by atoms with Crippen LogP contribution >= 0.6 is 0 Å². The van der Waals surface area contributed by atoms with Crippen LogP contribution in [-0.2, 0) is 10.1 Å². The van der Waals surface area contributed by atoms with E-state index in [1.165, 1.54) is 24.3 Å². The van der Waals surface area contributed by atoms with Gasteiger partial charge < -0.3 is 0 Å². The Bertz CT molecular complexity index is 907. The summed E-state index contributed by atoms with van der Waals surface area (Å²) in [6, 6.07) is 9.94. The normalized spacial score (nSPS) is 16.4. The number of hydrogen-bond donors (Lipinski definition) is 1. The Morgan fingerprint density at radius 3 is 1.70 bits per heavy atom. The van der Waals surface area contributed by atoms with Crippen LogP contribution in [0.2, 0.25) is 0 Å². The van der Waals surface area contributed by atoms with Crippen molar-refractivity contribution < 1.29 is 48.4 Å². The van der Waals surface area contributed by atoms with Gasteiger partial charge in [-0.3, -0.25) is 0 Å². The van der Waals surface area contributed by atoms with Crippen LogP contribution in [-0.4, -0.2) is 21.8 Å². The Morgan fingerprint density at radius 1 is 0.926 bits per heavy atom. The fourth-order valence-corrected chi connectivity index (χ4v) is 10.9. The molecular weight excluding hydrogens is 496 g/mol. The molecule has 2 aromatic rings. The third-order valence-electron chi connectivity index (χ3n) is 3.45. The van der Waals surface area contributed by atoms with E-state index in [2.05, 4.69) is 0 Å². The van der Waals surface area contributed by atoms with Crippen LogP contribution < -0.4 is 23.7 Å². The molecule has 0 saturated heterocycles. The molecule has 2 rings (SSSR count). The van der Waals surface area contributed by atoms with E-state index in [4.69, 9.17) is 9.29 Å². The average molecular weight is 517 g/mol. The molecule has 0 saturated carbocycles. The van der Waals surface area contributed by atoms with Crippen molar-refractivity contribution in [2.75, 3.05) is 0 Å². The van der Waals surface area contributed by atoms with Crippen LogP contribution in [0.1, 0.15) is 26.3 Å². The minimum absolute atomic E-state index is 0.328. The summed E-state index contributed by atoms with van der Waals surface area (Å²) < 4.78 is 76.9. The van der Waals surface area contributed by atoms with Crippen LogP contribution in [0.3, 0.4) is 0 Å². The Hall–Kier alpha value is -1.33. The summed E-state index contributed by atoms with van der Waals surface area (Å²) in [5, 5.41) is 0. The maximum absolute atomic E-state index is 16.0. The van der Waals surface area contributed by atoms with Crippen LogP contribution in [0, 0.1) is 14.1 Å². The molecule has 0 fully saturated rings. The summed E-state index contributed by atoms with van der Waals surface area (Å²) >= 11 is -6.26. The zero-order chi connectivity index (χ0) is 20.7. The second-order valence-corrected chi connectivity index (χ2v) is 15.8. The van der Waals surface area contributed by atoms with Crippen molar-refractivity contribution in [3.63, 3.8) is 0 Å². The van der Waals surface area contributed by atoms with Gasteiger partial charge in [-0.1, -0.05) is 0 Å². The Kier molecular flexibility index (Phi) is 5.90. The monoisotopic (exact) mass is 517 g/mol. The third-order valence-corrected chi connectivity index (χ3v) is 13.7. The second-order valence-electron chi connectivity index (χ2n) is 6.88. The van der Waals surface area contributed by atoms with Crippen LogP contribution in [0.25, 0.3) is 0 Å². The number of halogens is 4. The van der Waals surface area contributed by atoms with Gasteiger partial charge in [-0.2, -0.15) is 0 Å². The van der Waals surface area contributed by atoms with Gasteiger partial charge in [0.15, 0.2) is 0 Å². The minimum atomic E-state index is -6.26. The molecule has 0 amide bonds. The van der Waals surface area contributed by atoms with Crippen molar-refractivity contribution in [3.8, 4) is 5.75 Å². The van der Waals surface area contributed by atoms with Gasteiger partial charge in [0.25, 0.3) is 0 Å². The molecule has 0 bridgehead atoms. The van der Waals surface area contributed by atoms with E-state index in [0.29, 0.717) is 11.3 Å². The molecule has 27 heavy (non-hydrogen) atoms. The molecule has 1 atom stereocenters. The van der Waals surface area contributed by atoms with E-state index in [9.17, 15) is 17.2 Å². The van der Waals surface area contributed by atoms with E-state index >= 15 is 2.86 Å². The summed E-state index contributed by atoms with van der Waals surface area (Å²) in [7, 11) is -5.96. The Morgan fingerprint density at radius 2 is 1.33 bits per heavy atom. The summed E-state index contributed by atoms with van der Waals surface area (Å²) in [6.07, 6.45) is 0. The van der Waals surface area contributed by atoms with Gasteiger partial charge in [0.05, 0.1) is 0 Å². The first kappa shape index (κ1) is 22.0. The Balaban J connectivity index is 2.65. The Labute approximate surface area is 161 Å². The van der Waals surface area contributed by atoms with Crippen LogP contribution in [0.15, 0.2) is 48.5 Å². The number of rotatable bonds is 5. The van der Waals surface area contributed by atoms with Crippen molar-refractivity contribution in [2.45, 2.75) is 36.6 Å². The number of aryl methyl sites for hydroxylation is 1. The van der Waals surface area contributed by atoms with E-state index < -0.39 is 45.1 Å². The van der Waals surface area contributed by atoms with Gasteiger partial charge in [-0.25, -0.2) is 0 Å². The molecule has 1 unspecified atom stereocenters. The fraction of sp³-hybridized carbons (Fsp3) is 0.333. The summed E-state index contributed by atoms with van der Waals surface area (Å²) in [6.45, 7) is 7.05. The van der Waals surface area contributed by atoms with Gasteiger partial charge in [-0.05, 0) is 0 Å². The van der Waals surface area contributed by atoms with Crippen LogP contribution in [0.4, 0.5) is 11.6 Å². The summed E-state index contributed by atoms with van der Waals surface area (Å²) in [5.41, 5.74) is 0.149. The van der Waals surface area contributed by atoms with E-state index in [-0.39, 0.29) is 0 Å². The average Bonchev–Trinajstić information content (AvgIpc) is 2.52. The zero-order valence-corrected chi connectivity index (χ0v) is 18.2. The zero-order valence-electron chi connectivity index (χ0n) is 15.2. The molecule has 152 valence electrons. The maximum atomic E-state index is 16.0. The van der Waals surface area contributed by atoms with Gasteiger partial charge >= 0.3 is 162 Å². The number of alkyl halides is 3. The first-order valence-electron chi connectivity index (χ1n) is 7.86. The molecular formula is C18H21F3IO4S-. The standard InChI is InChI=1S/C18H21F3IO4S/c1-13-5-7-14(8-6-13)22(21,18(19,20)27(23,24)25)15-9-11-16(12-10-15)26-17(2,3)4/h5-12H,1-4H3,(H,23,24,25)/q-1. The SMILES string of the molecule is Cc1ccc([I-](F)(c2ccc(OC(C)(C)C)cc2)C(F)(F)S(=O)(=O)O)cc1. The third kappa shape index (κ3) is 4.40. The van der Waals surface area contributed by atoms with Gasteiger partial charge in [0.1, 0.15) is 0 Å². The molecule has 0 spiro atoms. The van der Waals surface area contributed by atoms with Crippen LogP contribution in [0.5, 0.6) is 5.75 Å². The van der Waals surface area contributed by atoms with Gasteiger partial charge in [0, 0.05) is 0 Å². The molecule has 9 heteroatoms. The van der Waals surface area contributed by atoms with Crippen molar-refractivity contribution in [2.24, 2.45) is 0 Å². The molecule has 2 aromatic carbocycles. The molecule has 0 aliphatic heterocycles. The van der Waals surface area contributed by atoms with E-state index in [0.717, 1.165) is 24.3 Å². The second kappa shape index (κ2) is 7.25. The molecule has 0 heterocycles. The fourth-order valence-electron chi connectivity index (χ4n) is 2.25. The topological polar surface area (TPSA) is 63.6 Å². The van der Waals surface area contributed by atoms with E-state index in [1.54, 1.807) is 27.7 Å². The molecule has 0 aliphatic carbocycles.